The van der Waals surface area contributed by atoms with Crippen LogP contribution in [0.5, 0.6) is 5.75 Å². The Labute approximate surface area is 153 Å². The fraction of sp³-hybridized carbons (Fsp3) is 0.273. The Morgan fingerprint density at radius 1 is 1.15 bits per heavy atom. The molecule has 2 aromatic carbocycles. The van der Waals surface area contributed by atoms with E-state index in [4.69, 9.17) is 4.74 Å². The lowest BCUT2D eigenvalue weighted by atomic mass is 9.99. The van der Waals surface area contributed by atoms with Gasteiger partial charge < -0.3 is 9.64 Å². The predicted octanol–water partition coefficient (Wildman–Crippen LogP) is 3.84. The Kier molecular flexibility index (Phi) is 4.57. The zero-order chi connectivity index (χ0) is 17.9. The summed E-state index contributed by atoms with van der Waals surface area (Å²) in [5, 5.41) is 0. The first-order chi connectivity index (χ1) is 12.7. The maximum atomic E-state index is 12.5. The lowest BCUT2D eigenvalue weighted by molar-refractivity contribution is 0.0933. The quantitative estimate of drug-likeness (QED) is 0.623. The van der Waals surface area contributed by atoms with Crippen LogP contribution in [0.25, 0.3) is 0 Å². The maximum absolute atomic E-state index is 12.5. The Morgan fingerprint density at radius 3 is 2.85 bits per heavy atom. The van der Waals surface area contributed by atoms with E-state index in [1.807, 2.05) is 12.3 Å². The third kappa shape index (κ3) is 3.40. The number of ketones is 2. The van der Waals surface area contributed by atoms with Gasteiger partial charge in [-0.15, -0.1) is 0 Å². The molecule has 1 atom stereocenters. The zero-order valence-electron chi connectivity index (χ0n) is 14.6. The fourth-order valence-electron chi connectivity index (χ4n) is 3.60. The summed E-state index contributed by atoms with van der Waals surface area (Å²) < 4.78 is 5.47. The molecule has 1 unspecified atom stereocenters. The minimum atomic E-state index is -0.0886. The second kappa shape index (κ2) is 7.16. The number of rotatable bonds is 4. The van der Waals surface area contributed by atoms with E-state index in [9.17, 15) is 9.59 Å². The van der Waals surface area contributed by atoms with Crippen molar-refractivity contribution in [2.45, 2.75) is 18.8 Å². The molecule has 0 aromatic heterocycles. The van der Waals surface area contributed by atoms with Gasteiger partial charge in [-0.25, -0.2) is 0 Å². The van der Waals surface area contributed by atoms with Crippen molar-refractivity contribution >= 4 is 11.6 Å². The molecule has 132 valence electrons. The van der Waals surface area contributed by atoms with Crippen LogP contribution in [0.3, 0.4) is 0 Å². The summed E-state index contributed by atoms with van der Waals surface area (Å²) >= 11 is 0. The summed E-state index contributed by atoms with van der Waals surface area (Å²) in [6.45, 7) is 2.28. The number of fused-ring (bicyclic) bond motifs is 1. The normalized spacial score (nSPS) is 19.5. The van der Waals surface area contributed by atoms with Crippen molar-refractivity contribution < 1.29 is 14.3 Å². The van der Waals surface area contributed by atoms with Gasteiger partial charge in [-0.3, -0.25) is 9.59 Å². The highest BCUT2D eigenvalue weighted by Crippen LogP contribution is 2.28. The van der Waals surface area contributed by atoms with Gasteiger partial charge in [0.25, 0.3) is 0 Å². The first-order valence-electron chi connectivity index (χ1n) is 9.02. The third-order valence-corrected chi connectivity index (χ3v) is 5.08. The average molecular weight is 347 g/mol. The van der Waals surface area contributed by atoms with Crippen LogP contribution in [0, 0.1) is 0 Å². The molecule has 2 aliphatic heterocycles. The monoisotopic (exact) mass is 347 g/mol. The lowest BCUT2D eigenvalue weighted by Crippen LogP contribution is -2.16. The van der Waals surface area contributed by atoms with E-state index in [2.05, 4.69) is 29.2 Å². The Bertz CT molecular complexity index is 857. The average Bonchev–Trinajstić information content (AvgIpc) is 3.16. The molecule has 4 heteroatoms. The Hall–Kier alpha value is -2.88. The molecule has 2 heterocycles. The van der Waals surface area contributed by atoms with Gasteiger partial charge in [0.05, 0.1) is 12.2 Å². The van der Waals surface area contributed by atoms with Crippen molar-refractivity contribution in [3.8, 4) is 5.75 Å². The number of Topliss-reactive ketones (excluding diaryl/α,β-unsaturated/α-hetero) is 1. The lowest BCUT2D eigenvalue weighted by Gasteiger charge is -2.16. The summed E-state index contributed by atoms with van der Waals surface area (Å²) in [7, 11) is 0. The molecule has 1 saturated heterocycles. The van der Waals surface area contributed by atoms with Crippen LogP contribution >= 0.6 is 0 Å². The summed E-state index contributed by atoms with van der Waals surface area (Å²) in [6.07, 6.45) is 4.94. The van der Waals surface area contributed by atoms with E-state index in [0.717, 1.165) is 19.5 Å². The fourth-order valence-corrected chi connectivity index (χ4v) is 3.60. The van der Waals surface area contributed by atoms with Crippen LogP contribution in [-0.4, -0.2) is 36.2 Å². The number of ether oxygens (including phenoxy) is 1. The van der Waals surface area contributed by atoms with Gasteiger partial charge in [0, 0.05) is 43.3 Å². The largest absolute Gasteiger partial charge is 0.492 e. The highest BCUT2D eigenvalue weighted by atomic mass is 16.5. The third-order valence-electron chi connectivity index (χ3n) is 5.08. The smallest absolute Gasteiger partial charge is 0.187 e. The van der Waals surface area contributed by atoms with Crippen molar-refractivity contribution in [1.82, 2.24) is 4.90 Å². The summed E-state index contributed by atoms with van der Waals surface area (Å²) in [5.41, 5.74) is 2.39. The Balaban J connectivity index is 1.42. The molecule has 2 aromatic rings. The first kappa shape index (κ1) is 16.6. The van der Waals surface area contributed by atoms with Gasteiger partial charge in [0.15, 0.2) is 11.6 Å². The summed E-state index contributed by atoms with van der Waals surface area (Å²) in [5.74, 6) is 1.03. The molecule has 0 N–H and O–H groups in total. The minimum absolute atomic E-state index is 0.0372. The number of likely N-dealkylation sites (tertiary alicyclic amines) is 1. The molecule has 2 aliphatic rings. The van der Waals surface area contributed by atoms with Gasteiger partial charge in [0.2, 0.25) is 0 Å². The van der Waals surface area contributed by atoms with Gasteiger partial charge in [0.1, 0.15) is 5.75 Å². The number of hydrogen-bond acceptors (Lipinski definition) is 4. The van der Waals surface area contributed by atoms with Crippen molar-refractivity contribution in [3.05, 3.63) is 77.5 Å². The van der Waals surface area contributed by atoms with Gasteiger partial charge in [-0.2, -0.15) is 0 Å². The topological polar surface area (TPSA) is 46.6 Å². The van der Waals surface area contributed by atoms with E-state index < -0.39 is 0 Å². The zero-order valence-corrected chi connectivity index (χ0v) is 14.6. The van der Waals surface area contributed by atoms with Crippen molar-refractivity contribution in [1.29, 1.82) is 0 Å². The number of carbonyl (C=O) groups is 2. The van der Waals surface area contributed by atoms with Crippen LogP contribution < -0.4 is 4.74 Å². The number of hydrogen-bond donors (Lipinski definition) is 0. The molecule has 1 fully saturated rings. The van der Waals surface area contributed by atoms with E-state index in [1.54, 1.807) is 24.3 Å². The number of nitrogens with zero attached hydrogens (tertiary/aromatic N) is 1. The molecule has 0 bridgehead atoms. The van der Waals surface area contributed by atoms with E-state index >= 15 is 0 Å². The predicted molar refractivity (Wildman–Crippen MR) is 99.7 cm³/mol. The number of allylic oxidation sites excluding steroid dienone is 1. The molecule has 0 amide bonds. The summed E-state index contributed by atoms with van der Waals surface area (Å²) in [6, 6.07) is 15.6. The van der Waals surface area contributed by atoms with Gasteiger partial charge >= 0.3 is 0 Å². The summed E-state index contributed by atoms with van der Waals surface area (Å²) in [4.78, 5) is 26.6. The molecule has 0 radical (unpaired) electrons. The van der Waals surface area contributed by atoms with E-state index in [1.165, 1.54) is 5.56 Å². The van der Waals surface area contributed by atoms with Crippen LogP contribution in [-0.2, 0) is 0 Å². The highest BCUT2D eigenvalue weighted by Gasteiger charge is 2.22. The van der Waals surface area contributed by atoms with Gasteiger partial charge in [-0.1, -0.05) is 30.3 Å². The Morgan fingerprint density at radius 2 is 2.00 bits per heavy atom. The highest BCUT2D eigenvalue weighted by molar-refractivity contribution is 6.07. The molecular formula is C22H21NO3. The van der Waals surface area contributed by atoms with Crippen LogP contribution in [0.2, 0.25) is 0 Å². The van der Waals surface area contributed by atoms with Gasteiger partial charge in [-0.05, 0) is 30.2 Å². The maximum Gasteiger partial charge on any atom is 0.187 e. The van der Waals surface area contributed by atoms with Crippen molar-refractivity contribution in [2.75, 3.05) is 19.7 Å². The molecular weight excluding hydrogens is 326 g/mol. The van der Waals surface area contributed by atoms with Crippen LogP contribution in [0.1, 0.15) is 45.0 Å². The molecule has 4 nitrogen and oxygen atoms in total. The van der Waals surface area contributed by atoms with Crippen LogP contribution in [0.4, 0.5) is 0 Å². The molecule has 0 saturated carbocycles. The second-order valence-corrected chi connectivity index (χ2v) is 6.80. The molecule has 26 heavy (non-hydrogen) atoms. The molecule has 4 rings (SSSR count). The molecule has 0 aliphatic carbocycles. The number of carbonyl (C=O) groups excluding carboxylic acids is 2. The van der Waals surface area contributed by atoms with E-state index in [0.29, 0.717) is 35.8 Å². The van der Waals surface area contributed by atoms with E-state index in [-0.39, 0.29) is 11.6 Å². The van der Waals surface area contributed by atoms with Crippen molar-refractivity contribution in [2.24, 2.45) is 0 Å². The number of benzene rings is 2. The first-order valence-corrected chi connectivity index (χ1v) is 9.02. The second-order valence-electron chi connectivity index (χ2n) is 6.80. The SMILES string of the molecule is O=C(/C=C/N1CCC(c2ccccc2)C1)c1ccc2c(c1)C(=O)CCO2. The minimum Gasteiger partial charge on any atom is -0.492 e. The standard InChI is InChI=1S/C22H21NO3/c24-20(17-6-7-22-19(14-17)21(25)10-13-26-22)9-12-23-11-8-18(15-23)16-4-2-1-3-5-16/h1-7,9,12,14,18H,8,10-11,13,15H2/b12-9+. The van der Waals surface area contributed by atoms with Crippen LogP contribution in [0.15, 0.2) is 60.8 Å². The van der Waals surface area contributed by atoms with Crippen molar-refractivity contribution in [3.63, 3.8) is 0 Å². The molecule has 0 spiro atoms.